The number of imide groups is 1. The Kier molecular flexibility index (Phi) is 4.53. The van der Waals surface area contributed by atoms with Crippen molar-refractivity contribution in [3.63, 3.8) is 0 Å². The third-order valence-electron chi connectivity index (χ3n) is 6.58. The number of fused-ring (bicyclic) bond motifs is 3. The molecule has 0 unspecified atom stereocenters. The Morgan fingerprint density at radius 2 is 1.69 bits per heavy atom. The Morgan fingerprint density at radius 1 is 1.00 bits per heavy atom. The molecule has 0 spiro atoms. The van der Waals surface area contributed by atoms with Crippen molar-refractivity contribution in [1.29, 1.82) is 5.26 Å². The number of hydrogen-bond acceptors (Lipinski definition) is 4. The van der Waals surface area contributed by atoms with Crippen LogP contribution in [0.1, 0.15) is 35.6 Å². The molecular formula is C23H20BrN3O2. The summed E-state index contributed by atoms with van der Waals surface area (Å²) < 4.78 is 0.972. The van der Waals surface area contributed by atoms with Gasteiger partial charge >= 0.3 is 0 Å². The summed E-state index contributed by atoms with van der Waals surface area (Å²) in [5, 5.41) is 9.09. The molecule has 4 atom stereocenters. The van der Waals surface area contributed by atoms with Crippen LogP contribution < -0.4 is 0 Å². The van der Waals surface area contributed by atoms with Gasteiger partial charge in [-0.2, -0.15) is 5.26 Å². The number of halogens is 1. The van der Waals surface area contributed by atoms with Gasteiger partial charge in [-0.05, 0) is 54.8 Å². The lowest BCUT2D eigenvalue weighted by atomic mass is 9.85. The number of nitrogens with zero attached hydrogens (tertiary/aromatic N) is 3. The maximum Gasteiger partial charge on any atom is 0.235 e. The van der Waals surface area contributed by atoms with Crippen LogP contribution in [0.25, 0.3) is 0 Å². The molecule has 2 amide bonds. The highest BCUT2D eigenvalue weighted by molar-refractivity contribution is 9.10. The third kappa shape index (κ3) is 2.92. The lowest BCUT2D eigenvalue weighted by molar-refractivity contribution is -0.142. The van der Waals surface area contributed by atoms with Crippen LogP contribution in [0.15, 0.2) is 53.0 Å². The Balaban J connectivity index is 1.49. The monoisotopic (exact) mass is 449 g/mol. The molecule has 3 fully saturated rings. The summed E-state index contributed by atoms with van der Waals surface area (Å²) in [7, 11) is 0. The van der Waals surface area contributed by atoms with E-state index in [1.54, 1.807) is 12.1 Å². The first-order valence-corrected chi connectivity index (χ1v) is 10.7. The van der Waals surface area contributed by atoms with Crippen molar-refractivity contribution in [3.8, 4) is 6.07 Å². The normalized spacial score (nSPS) is 28.5. The predicted molar refractivity (Wildman–Crippen MR) is 110 cm³/mol. The number of likely N-dealkylation sites (tertiary alicyclic amines) is 1. The van der Waals surface area contributed by atoms with Gasteiger partial charge in [0.15, 0.2) is 0 Å². The summed E-state index contributed by atoms with van der Waals surface area (Å²) in [5.41, 5.74) is 2.58. The van der Waals surface area contributed by atoms with Gasteiger partial charge in [-0.15, -0.1) is 0 Å². The lowest BCUT2D eigenvalue weighted by Crippen LogP contribution is -2.38. The minimum absolute atomic E-state index is 0.0315. The number of rotatable bonds is 3. The molecule has 5 rings (SSSR count). The average Bonchev–Trinajstić information content (AvgIpc) is 3.38. The number of hydrogen-bond donors (Lipinski definition) is 0. The zero-order chi connectivity index (χ0) is 20.1. The van der Waals surface area contributed by atoms with Crippen LogP contribution in [0.2, 0.25) is 0 Å². The molecule has 0 N–H and O–H groups in total. The summed E-state index contributed by atoms with van der Waals surface area (Å²) in [4.78, 5) is 30.6. The molecule has 2 aromatic carbocycles. The Bertz CT molecular complexity index is 1010. The van der Waals surface area contributed by atoms with E-state index in [2.05, 4.69) is 26.9 Å². The minimum atomic E-state index is -0.337. The molecule has 146 valence electrons. The van der Waals surface area contributed by atoms with E-state index in [9.17, 15) is 9.59 Å². The number of benzene rings is 2. The highest BCUT2D eigenvalue weighted by Crippen LogP contribution is 2.53. The number of nitriles is 1. The van der Waals surface area contributed by atoms with Gasteiger partial charge in [0.2, 0.25) is 11.8 Å². The molecule has 0 radical (unpaired) electrons. The van der Waals surface area contributed by atoms with Gasteiger partial charge in [0.25, 0.3) is 0 Å². The summed E-state index contributed by atoms with van der Waals surface area (Å²) in [6.45, 7) is 1.24. The first-order chi connectivity index (χ1) is 14.1. The molecule has 5 nitrogen and oxygen atoms in total. The van der Waals surface area contributed by atoms with Crippen LogP contribution in [-0.4, -0.2) is 34.2 Å². The molecule has 0 bridgehead atoms. The fourth-order valence-electron chi connectivity index (χ4n) is 5.35. The highest BCUT2D eigenvalue weighted by Gasteiger charge is 2.62. The summed E-state index contributed by atoms with van der Waals surface area (Å²) in [6.07, 6.45) is 2.01. The predicted octanol–water partition coefficient (Wildman–Crippen LogP) is 3.64. The average molecular weight is 450 g/mol. The van der Waals surface area contributed by atoms with Gasteiger partial charge in [-0.25, -0.2) is 0 Å². The van der Waals surface area contributed by atoms with Crippen molar-refractivity contribution in [2.45, 2.75) is 31.5 Å². The summed E-state index contributed by atoms with van der Waals surface area (Å²) in [6, 6.07) is 17.4. The molecule has 0 aliphatic carbocycles. The Morgan fingerprint density at radius 3 is 2.38 bits per heavy atom. The van der Waals surface area contributed by atoms with Crippen LogP contribution in [0.4, 0.5) is 0 Å². The van der Waals surface area contributed by atoms with Crippen molar-refractivity contribution < 1.29 is 9.59 Å². The summed E-state index contributed by atoms with van der Waals surface area (Å²) >= 11 is 3.42. The number of carbonyl (C=O) groups excluding carboxylic acids is 2. The van der Waals surface area contributed by atoms with Gasteiger partial charge in [0.05, 0.1) is 30.0 Å². The molecule has 3 saturated heterocycles. The number of amides is 2. The molecule has 3 heterocycles. The van der Waals surface area contributed by atoms with E-state index in [1.807, 2.05) is 36.4 Å². The van der Waals surface area contributed by atoms with Crippen molar-refractivity contribution >= 4 is 27.7 Å². The first-order valence-electron chi connectivity index (χ1n) is 9.94. The SMILES string of the molecule is N#Cc1ccc([C@H]2[C@H]3C(=O)N(Cc4ccc(Br)cc4)C(=O)[C@H]3[C@@H]3CCCN32)cc1. The van der Waals surface area contributed by atoms with E-state index in [-0.39, 0.29) is 35.7 Å². The van der Waals surface area contributed by atoms with Crippen molar-refractivity contribution in [1.82, 2.24) is 9.80 Å². The first kappa shape index (κ1) is 18.5. The van der Waals surface area contributed by atoms with Gasteiger partial charge in [-0.1, -0.05) is 40.2 Å². The van der Waals surface area contributed by atoms with Crippen LogP contribution >= 0.6 is 15.9 Å². The Labute approximate surface area is 178 Å². The molecule has 0 aromatic heterocycles. The van der Waals surface area contributed by atoms with Gasteiger partial charge in [0.1, 0.15) is 0 Å². The van der Waals surface area contributed by atoms with E-state index >= 15 is 0 Å². The highest BCUT2D eigenvalue weighted by atomic mass is 79.9. The van der Waals surface area contributed by atoms with Gasteiger partial charge in [0, 0.05) is 16.6 Å². The second kappa shape index (κ2) is 7.08. The van der Waals surface area contributed by atoms with Crippen molar-refractivity contribution in [2.75, 3.05) is 6.54 Å². The van der Waals surface area contributed by atoms with E-state index in [0.717, 1.165) is 35.0 Å². The van der Waals surface area contributed by atoms with Gasteiger partial charge in [-0.3, -0.25) is 19.4 Å². The third-order valence-corrected chi connectivity index (χ3v) is 7.11. The molecule has 2 aromatic rings. The van der Waals surface area contributed by atoms with Crippen LogP contribution in [0.5, 0.6) is 0 Å². The molecule has 29 heavy (non-hydrogen) atoms. The van der Waals surface area contributed by atoms with E-state index in [0.29, 0.717) is 12.1 Å². The second-order valence-electron chi connectivity index (χ2n) is 8.07. The van der Waals surface area contributed by atoms with Crippen molar-refractivity contribution in [2.24, 2.45) is 11.8 Å². The fourth-order valence-corrected chi connectivity index (χ4v) is 5.61. The number of carbonyl (C=O) groups is 2. The smallest absolute Gasteiger partial charge is 0.235 e. The van der Waals surface area contributed by atoms with E-state index < -0.39 is 0 Å². The van der Waals surface area contributed by atoms with Crippen molar-refractivity contribution in [3.05, 3.63) is 69.7 Å². The van der Waals surface area contributed by atoms with Crippen LogP contribution in [0, 0.1) is 23.2 Å². The van der Waals surface area contributed by atoms with Gasteiger partial charge < -0.3 is 0 Å². The topological polar surface area (TPSA) is 64.4 Å². The zero-order valence-electron chi connectivity index (χ0n) is 15.8. The fraction of sp³-hybridized carbons (Fsp3) is 0.348. The molecule has 6 heteroatoms. The second-order valence-corrected chi connectivity index (χ2v) is 8.98. The van der Waals surface area contributed by atoms with Crippen LogP contribution in [-0.2, 0) is 16.1 Å². The standard InChI is InChI=1S/C23H20BrN3O2/c24-17-9-5-15(6-10-17)13-27-22(28)19-18-2-1-11-26(18)21(20(19)23(27)29)16-7-3-14(12-25)4-8-16/h3-10,18-21H,1-2,11,13H2/t18-,19-,20-,21-/m0/s1. The lowest BCUT2D eigenvalue weighted by Gasteiger charge is -2.29. The maximum atomic E-state index is 13.4. The Hall–Kier alpha value is -2.49. The maximum absolute atomic E-state index is 13.4. The molecule has 3 aliphatic rings. The van der Waals surface area contributed by atoms with Crippen LogP contribution in [0.3, 0.4) is 0 Å². The summed E-state index contributed by atoms with van der Waals surface area (Å²) in [5.74, 6) is -0.695. The molecule has 0 saturated carbocycles. The quantitative estimate of drug-likeness (QED) is 0.670. The van der Waals surface area contributed by atoms with E-state index in [1.165, 1.54) is 4.90 Å². The zero-order valence-corrected chi connectivity index (χ0v) is 17.4. The van der Waals surface area contributed by atoms with E-state index in [4.69, 9.17) is 5.26 Å². The molecule has 3 aliphatic heterocycles. The minimum Gasteiger partial charge on any atom is -0.292 e. The largest absolute Gasteiger partial charge is 0.292 e. The molecular weight excluding hydrogens is 430 g/mol.